The van der Waals surface area contributed by atoms with Crippen molar-refractivity contribution < 1.29 is 9.18 Å². The first-order valence-corrected chi connectivity index (χ1v) is 7.50. The number of carbonyl (C=O) groups is 1. The van der Waals surface area contributed by atoms with E-state index in [1.54, 1.807) is 17.0 Å². The first-order chi connectivity index (χ1) is 9.51. The predicted octanol–water partition coefficient (Wildman–Crippen LogP) is 2.59. The highest BCUT2D eigenvalue weighted by Gasteiger charge is 2.16. The maximum atomic E-state index is 13.2. The van der Waals surface area contributed by atoms with Crippen LogP contribution in [0, 0.1) is 5.82 Å². The summed E-state index contributed by atoms with van der Waals surface area (Å²) in [6.07, 6.45) is 0.327. The summed E-state index contributed by atoms with van der Waals surface area (Å²) in [4.78, 5) is 13.8. The second-order valence-electron chi connectivity index (χ2n) is 4.48. The fraction of sp³-hybridized carbons (Fsp3) is 0.500. The number of anilines is 1. The minimum absolute atomic E-state index is 0.0686. The number of hydrogen-bond donors (Lipinski definition) is 2. The molecule has 20 heavy (non-hydrogen) atoms. The van der Waals surface area contributed by atoms with Gasteiger partial charge in [0.25, 0.3) is 0 Å². The minimum Gasteiger partial charge on any atom is -0.380 e. The third-order valence-corrected chi connectivity index (χ3v) is 3.72. The standard InChI is InChI=1S/C14H21BrFN3O/c1-3-19(4-2)14(20)8-11(9-17)18-10-5-6-13(16)12(15)7-10/h5-7,11,18H,3-4,8-9,17H2,1-2H3. The molecule has 3 N–H and O–H groups in total. The van der Waals surface area contributed by atoms with Gasteiger partial charge in [0.15, 0.2) is 0 Å². The molecule has 0 aliphatic rings. The van der Waals surface area contributed by atoms with Crippen molar-refractivity contribution in [1.82, 2.24) is 4.90 Å². The summed E-state index contributed by atoms with van der Waals surface area (Å²) < 4.78 is 13.5. The number of benzene rings is 1. The molecule has 112 valence electrons. The topological polar surface area (TPSA) is 58.4 Å². The van der Waals surface area contributed by atoms with Gasteiger partial charge in [0.2, 0.25) is 5.91 Å². The van der Waals surface area contributed by atoms with E-state index in [-0.39, 0.29) is 17.8 Å². The number of carbonyl (C=O) groups excluding carboxylic acids is 1. The van der Waals surface area contributed by atoms with Crippen LogP contribution in [0.5, 0.6) is 0 Å². The summed E-state index contributed by atoms with van der Waals surface area (Å²) in [6.45, 7) is 5.61. The lowest BCUT2D eigenvalue weighted by Gasteiger charge is -2.23. The molecular weight excluding hydrogens is 325 g/mol. The Morgan fingerprint density at radius 3 is 2.60 bits per heavy atom. The summed E-state index contributed by atoms with van der Waals surface area (Å²) in [5, 5.41) is 3.16. The van der Waals surface area contributed by atoms with Gasteiger partial charge in [0.05, 0.1) is 4.47 Å². The fourth-order valence-electron chi connectivity index (χ4n) is 1.93. The number of rotatable bonds is 7. The van der Waals surface area contributed by atoms with E-state index in [0.29, 0.717) is 30.5 Å². The molecule has 0 saturated carbocycles. The van der Waals surface area contributed by atoms with Crippen molar-refractivity contribution in [3.63, 3.8) is 0 Å². The molecule has 0 radical (unpaired) electrons. The second kappa shape index (κ2) is 8.21. The lowest BCUT2D eigenvalue weighted by molar-refractivity contribution is -0.131. The molecule has 6 heteroatoms. The zero-order valence-corrected chi connectivity index (χ0v) is 13.4. The lowest BCUT2D eigenvalue weighted by atomic mass is 10.1. The number of hydrogen-bond acceptors (Lipinski definition) is 3. The monoisotopic (exact) mass is 345 g/mol. The van der Waals surface area contributed by atoms with E-state index in [4.69, 9.17) is 5.73 Å². The van der Waals surface area contributed by atoms with Crippen molar-refractivity contribution in [3.8, 4) is 0 Å². The molecule has 0 bridgehead atoms. The molecule has 1 atom stereocenters. The van der Waals surface area contributed by atoms with Gasteiger partial charge in [-0.05, 0) is 48.0 Å². The molecular formula is C14H21BrFN3O. The van der Waals surface area contributed by atoms with Crippen LogP contribution in [0.15, 0.2) is 22.7 Å². The van der Waals surface area contributed by atoms with Crippen molar-refractivity contribution in [2.75, 3.05) is 25.0 Å². The molecule has 0 saturated heterocycles. The van der Waals surface area contributed by atoms with Crippen LogP contribution in [0.25, 0.3) is 0 Å². The Morgan fingerprint density at radius 1 is 1.45 bits per heavy atom. The molecule has 1 rings (SSSR count). The normalized spacial score (nSPS) is 12.1. The Bertz CT molecular complexity index is 452. The number of halogens is 2. The first kappa shape index (κ1) is 16.9. The minimum atomic E-state index is -0.320. The maximum absolute atomic E-state index is 13.2. The zero-order valence-electron chi connectivity index (χ0n) is 11.8. The third kappa shape index (κ3) is 4.76. The Hall–Kier alpha value is -1.14. The first-order valence-electron chi connectivity index (χ1n) is 6.71. The van der Waals surface area contributed by atoms with Gasteiger partial charge in [-0.3, -0.25) is 4.79 Å². The van der Waals surface area contributed by atoms with Crippen LogP contribution < -0.4 is 11.1 Å². The van der Waals surface area contributed by atoms with Gasteiger partial charge in [0, 0.05) is 37.8 Å². The van der Waals surface area contributed by atoms with Crippen LogP contribution in [0.4, 0.5) is 10.1 Å². The van der Waals surface area contributed by atoms with E-state index in [2.05, 4.69) is 21.2 Å². The maximum Gasteiger partial charge on any atom is 0.224 e. The molecule has 0 fully saturated rings. The van der Waals surface area contributed by atoms with Crippen molar-refractivity contribution in [2.24, 2.45) is 5.73 Å². The fourth-order valence-corrected chi connectivity index (χ4v) is 2.31. The Balaban J connectivity index is 2.67. The van der Waals surface area contributed by atoms with E-state index in [9.17, 15) is 9.18 Å². The zero-order chi connectivity index (χ0) is 15.1. The Kier molecular flexibility index (Phi) is 6.95. The van der Waals surface area contributed by atoms with Crippen LogP contribution in [0.1, 0.15) is 20.3 Å². The Labute approximate surface area is 127 Å². The van der Waals surface area contributed by atoms with E-state index in [1.165, 1.54) is 6.07 Å². The average Bonchev–Trinajstić information content (AvgIpc) is 2.43. The van der Waals surface area contributed by atoms with Gasteiger partial charge >= 0.3 is 0 Å². The summed E-state index contributed by atoms with van der Waals surface area (Å²) in [5.74, 6) is -0.252. The van der Waals surface area contributed by atoms with Gasteiger partial charge in [-0.2, -0.15) is 0 Å². The lowest BCUT2D eigenvalue weighted by Crippen LogP contribution is -2.38. The largest absolute Gasteiger partial charge is 0.380 e. The Morgan fingerprint density at radius 2 is 2.10 bits per heavy atom. The summed E-state index contributed by atoms with van der Waals surface area (Å²) >= 11 is 3.13. The number of nitrogens with zero attached hydrogens (tertiary/aromatic N) is 1. The molecule has 0 spiro atoms. The average molecular weight is 346 g/mol. The molecule has 1 aromatic carbocycles. The molecule has 1 amide bonds. The SMILES string of the molecule is CCN(CC)C(=O)CC(CN)Nc1ccc(F)c(Br)c1. The summed E-state index contributed by atoms with van der Waals surface area (Å²) in [7, 11) is 0. The molecule has 1 aromatic rings. The molecule has 4 nitrogen and oxygen atoms in total. The highest BCUT2D eigenvalue weighted by Crippen LogP contribution is 2.20. The smallest absolute Gasteiger partial charge is 0.224 e. The van der Waals surface area contributed by atoms with Crippen LogP contribution in [0.2, 0.25) is 0 Å². The van der Waals surface area contributed by atoms with Crippen molar-refractivity contribution in [2.45, 2.75) is 26.3 Å². The number of nitrogens with two attached hydrogens (primary N) is 1. The molecule has 0 aromatic heterocycles. The highest BCUT2D eigenvalue weighted by molar-refractivity contribution is 9.10. The van der Waals surface area contributed by atoms with Gasteiger partial charge < -0.3 is 16.0 Å². The van der Waals surface area contributed by atoms with Gasteiger partial charge in [-0.15, -0.1) is 0 Å². The highest BCUT2D eigenvalue weighted by atomic mass is 79.9. The van der Waals surface area contributed by atoms with Gasteiger partial charge in [0.1, 0.15) is 5.82 Å². The van der Waals surface area contributed by atoms with Crippen molar-refractivity contribution >= 4 is 27.5 Å². The van der Waals surface area contributed by atoms with Crippen LogP contribution in [0.3, 0.4) is 0 Å². The molecule has 1 unspecified atom stereocenters. The van der Waals surface area contributed by atoms with E-state index < -0.39 is 0 Å². The van der Waals surface area contributed by atoms with Crippen LogP contribution >= 0.6 is 15.9 Å². The van der Waals surface area contributed by atoms with Crippen molar-refractivity contribution in [3.05, 3.63) is 28.5 Å². The number of nitrogens with one attached hydrogen (secondary N) is 1. The molecule has 0 aliphatic heterocycles. The van der Waals surface area contributed by atoms with Gasteiger partial charge in [-0.25, -0.2) is 4.39 Å². The van der Waals surface area contributed by atoms with Gasteiger partial charge in [-0.1, -0.05) is 0 Å². The van der Waals surface area contributed by atoms with E-state index >= 15 is 0 Å². The number of amides is 1. The quantitative estimate of drug-likeness (QED) is 0.798. The van der Waals surface area contributed by atoms with E-state index in [0.717, 1.165) is 5.69 Å². The molecule has 0 heterocycles. The van der Waals surface area contributed by atoms with E-state index in [1.807, 2.05) is 13.8 Å². The third-order valence-electron chi connectivity index (χ3n) is 3.11. The van der Waals surface area contributed by atoms with Crippen molar-refractivity contribution in [1.29, 1.82) is 0 Å². The van der Waals surface area contributed by atoms with Crippen LogP contribution in [-0.4, -0.2) is 36.5 Å². The molecule has 0 aliphatic carbocycles. The summed E-state index contributed by atoms with van der Waals surface area (Å²) in [6, 6.07) is 4.47. The summed E-state index contributed by atoms with van der Waals surface area (Å²) in [5.41, 5.74) is 6.44. The second-order valence-corrected chi connectivity index (χ2v) is 5.33. The van der Waals surface area contributed by atoms with Crippen LogP contribution in [-0.2, 0) is 4.79 Å². The predicted molar refractivity (Wildman–Crippen MR) is 83.1 cm³/mol.